The second-order valence-corrected chi connectivity index (χ2v) is 5.56. The van der Waals surface area contributed by atoms with Crippen molar-refractivity contribution in [2.45, 2.75) is 103 Å². The van der Waals surface area contributed by atoms with E-state index in [2.05, 4.69) is 6.92 Å². The first-order valence-electron chi connectivity index (χ1n) is 8.06. The molecule has 0 spiro atoms. The van der Waals surface area contributed by atoms with Crippen LogP contribution in [0.5, 0.6) is 0 Å². The Morgan fingerprint density at radius 2 is 1.06 bits per heavy atom. The predicted octanol–water partition coefficient (Wildman–Crippen LogP) is 4.43. The molecule has 0 aliphatic heterocycles. The molecule has 110 valence electrons. The van der Waals surface area contributed by atoms with Gasteiger partial charge >= 0.3 is 0 Å². The molecule has 0 aromatic carbocycles. The zero-order valence-electron chi connectivity index (χ0n) is 12.5. The number of aliphatic hydroxyl groups excluding tert-OH is 2. The Bertz CT molecular complexity index is 159. The van der Waals surface area contributed by atoms with E-state index < -0.39 is 0 Å². The third-order valence-corrected chi connectivity index (χ3v) is 3.69. The van der Waals surface area contributed by atoms with E-state index in [4.69, 9.17) is 0 Å². The van der Waals surface area contributed by atoms with Gasteiger partial charge in [0.2, 0.25) is 0 Å². The van der Waals surface area contributed by atoms with Crippen LogP contribution in [0.1, 0.15) is 90.9 Å². The van der Waals surface area contributed by atoms with Crippen molar-refractivity contribution < 1.29 is 10.2 Å². The Balaban J connectivity index is 3.19. The lowest BCUT2D eigenvalue weighted by atomic mass is 10.0. The van der Waals surface area contributed by atoms with Crippen LogP contribution in [0.2, 0.25) is 0 Å². The highest BCUT2D eigenvalue weighted by Crippen LogP contribution is 2.13. The first-order chi connectivity index (χ1) is 8.70. The Morgan fingerprint density at radius 1 is 0.611 bits per heavy atom. The van der Waals surface area contributed by atoms with E-state index >= 15 is 0 Å². The molecule has 0 rings (SSSR count). The lowest BCUT2D eigenvalue weighted by Crippen LogP contribution is -2.07. The van der Waals surface area contributed by atoms with Crippen LogP contribution < -0.4 is 0 Å². The molecule has 0 aliphatic rings. The molecule has 0 radical (unpaired) electrons. The van der Waals surface area contributed by atoms with Gasteiger partial charge in [-0.2, -0.15) is 0 Å². The highest BCUT2D eigenvalue weighted by molar-refractivity contribution is 4.58. The van der Waals surface area contributed by atoms with Gasteiger partial charge < -0.3 is 10.2 Å². The lowest BCUT2D eigenvalue weighted by molar-refractivity contribution is 0.142. The molecule has 0 aromatic rings. The molecule has 2 N–H and O–H groups in total. The van der Waals surface area contributed by atoms with Gasteiger partial charge in [-0.25, -0.2) is 0 Å². The van der Waals surface area contributed by atoms with E-state index in [9.17, 15) is 10.2 Å². The molecule has 0 bridgehead atoms. The molecule has 2 heteroatoms. The summed E-state index contributed by atoms with van der Waals surface area (Å²) >= 11 is 0. The highest BCUT2D eigenvalue weighted by Gasteiger charge is 2.04. The summed E-state index contributed by atoms with van der Waals surface area (Å²) in [6, 6.07) is 0. The summed E-state index contributed by atoms with van der Waals surface area (Å²) in [5, 5.41) is 19.2. The number of hydrogen-bond acceptors (Lipinski definition) is 2. The molecule has 0 fully saturated rings. The molecule has 0 aromatic heterocycles. The quantitative estimate of drug-likeness (QED) is 0.480. The van der Waals surface area contributed by atoms with Crippen LogP contribution in [-0.4, -0.2) is 22.4 Å². The highest BCUT2D eigenvalue weighted by atomic mass is 16.3. The van der Waals surface area contributed by atoms with Crippen LogP contribution in [0.25, 0.3) is 0 Å². The van der Waals surface area contributed by atoms with Crippen molar-refractivity contribution in [2.24, 2.45) is 0 Å². The van der Waals surface area contributed by atoms with E-state index in [-0.39, 0.29) is 12.2 Å². The molecule has 0 saturated carbocycles. The summed E-state index contributed by atoms with van der Waals surface area (Å²) in [5.41, 5.74) is 0. The van der Waals surface area contributed by atoms with Crippen LogP contribution in [0.3, 0.4) is 0 Å². The predicted molar refractivity (Wildman–Crippen MR) is 78.8 cm³/mol. The average molecular weight is 258 g/mol. The monoisotopic (exact) mass is 258 g/mol. The molecule has 0 heterocycles. The van der Waals surface area contributed by atoms with Gasteiger partial charge in [-0.15, -0.1) is 0 Å². The SMILES string of the molecule is CCCCCCCC(O)CCCCCC(O)CC. The molecule has 2 nitrogen and oxygen atoms in total. The third-order valence-electron chi connectivity index (χ3n) is 3.69. The number of unbranched alkanes of at least 4 members (excludes halogenated alkanes) is 6. The smallest absolute Gasteiger partial charge is 0.0540 e. The van der Waals surface area contributed by atoms with Crippen molar-refractivity contribution >= 4 is 0 Å². The van der Waals surface area contributed by atoms with Crippen LogP contribution in [0.15, 0.2) is 0 Å². The zero-order valence-corrected chi connectivity index (χ0v) is 12.5. The zero-order chi connectivity index (χ0) is 13.6. The van der Waals surface area contributed by atoms with Crippen molar-refractivity contribution in [2.75, 3.05) is 0 Å². The maximum atomic E-state index is 9.81. The van der Waals surface area contributed by atoms with Crippen LogP contribution in [0.4, 0.5) is 0 Å². The van der Waals surface area contributed by atoms with Crippen LogP contribution in [-0.2, 0) is 0 Å². The standard InChI is InChI=1S/C16H34O2/c1-3-5-6-7-9-13-16(18)14-11-8-10-12-15(17)4-2/h15-18H,3-14H2,1-2H3. The normalized spacial score (nSPS) is 14.7. The summed E-state index contributed by atoms with van der Waals surface area (Å²) in [6.45, 7) is 4.25. The van der Waals surface area contributed by atoms with Gasteiger partial charge in [0.05, 0.1) is 12.2 Å². The number of hydrogen-bond donors (Lipinski definition) is 2. The molecular formula is C16H34O2. The van der Waals surface area contributed by atoms with Gasteiger partial charge in [-0.3, -0.25) is 0 Å². The average Bonchev–Trinajstić information content (AvgIpc) is 2.37. The van der Waals surface area contributed by atoms with Gasteiger partial charge in [-0.05, 0) is 25.7 Å². The maximum absolute atomic E-state index is 9.81. The van der Waals surface area contributed by atoms with Gasteiger partial charge in [-0.1, -0.05) is 65.2 Å². The van der Waals surface area contributed by atoms with Crippen molar-refractivity contribution in [1.82, 2.24) is 0 Å². The molecular weight excluding hydrogens is 224 g/mol. The second kappa shape index (κ2) is 13.4. The molecule has 0 saturated heterocycles. The lowest BCUT2D eigenvalue weighted by Gasteiger charge is -2.11. The molecule has 0 aliphatic carbocycles. The fraction of sp³-hybridized carbons (Fsp3) is 1.00. The molecule has 2 atom stereocenters. The van der Waals surface area contributed by atoms with Crippen LogP contribution in [0, 0.1) is 0 Å². The minimum atomic E-state index is -0.117. The second-order valence-electron chi connectivity index (χ2n) is 5.56. The summed E-state index contributed by atoms with van der Waals surface area (Å²) in [4.78, 5) is 0. The largest absolute Gasteiger partial charge is 0.393 e. The molecule has 18 heavy (non-hydrogen) atoms. The van der Waals surface area contributed by atoms with Gasteiger partial charge in [0.1, 0.15) is 0 Å². The fourth-order valence-corrected chi connectivity index (χ4v) is 2.27. The Labute approximate surface area is 114 Å². The first kappa shape index (κ1) is 17.9. The topological polar surface area (TPSA) is 40.5 Å². The minimum Gasteiger partial charge on any atom is -0.393 e. The van der Waals surface area contributed by atoms with E-state index in [0.29, 0.717) is 0 Å². The van der Waals surface area contributed by atoms with E-state index in [1.807, 2.05) is 6.92 Å². The first-order valence-corrected chi connectivity index (χ1v) is 8.06. The van der Waals surface area contributed by atoms with E-state index in [1.165, 1.54) is 32.1 Å². The Kier molecular flexibility index (Phi) is 13.3. The van der Waals surface area contributed by atoms with Crippen molar-refractivity contribution in [3.63, 3.8) is 0 Å². The summed E-state index contributed by atoms with van der Waals surface area (Å²) < 4.78 is 0. The number of aliphatic hydroxyl groups is 2. The van der Waals surface area contributed by atoms with E-state index in [0.717, 1.165) is 44.9 Å². The Morgan fingerprint density at radius 3 is 1.56 bits per heavy atom. The minimum absolute atomic E-state index is 0.0947. The van der Waals surface area contributed by atoms with E-state index in [1.54, 1.807) is 0 Å². The number of rotatable bonds is 13. The van der Waals surface area contributed by atoms with Crippen molar-refractivity contribution in [3.05, 3.63) is 0 Å². The summed E-state index contributed by atoms with van der Waals surface area (Å²) in [6.07, 6.45) is 13.2. The maximum Gasteiger partial charge on any atom is 0.0540 e. The van der Waals surface area contributed by atoms with Crippen molar-refractivity contribution in [1.29, 1.82) is 0 Å². The van der Waals surface area contributed by atoms with Gasteiger partial charge in [0.25, 0.3) is 0 Å². The molecule has 2 unspecified atom stereocenters. The fourth-order valence-electron chi connectivity index (χ4n) is 2.27. The van der Waals surface area contributed by atoms with Gasteiger partial charge in [0, 0.05) is 0 Å². The van der Waals surface area contributed by atoms with Crippen molar-refractivity contribution in [3.8, 4) is 0 Å². The summed E-state index contributed by atoms with van der Waals surface area (Å²) in [7, 11) is 0. The molecule has 0 amide bonds. The summed E-state index contributed by atoms with van der Waals surface area (Å²) in [5.74, 6) is 0. The third kappa shape index (κ3) is 12.4. The van der Waals surface area contributed by atoms with Gasteiger partial charge in [0.15, 0.2) is 0 Å². The Hall–Kier alpha value is -0.0800. The van der Waals surface area contributed by atoms with Crippen LogP contribution >= 0.6 is 0 Å².